The number of aliphatic hydroxyl groups excluding tert-OH is 2. The van der Waals surface area contributed by atoms with E-state index in [4.69, 9.17) is 4.74 Å². The fourth-order valence-corrected chi connectivity index (χ4v) is 1.86. The monoisotopic (exact) mass is 294 g/mol. The number of aliphatic hydroxyl groups is 2. The Morgan fingerprint density at radius 3 is 2.81 bits per heavy atom. The molecule has 0 saturated heterocycles. The summed E-state index contributed by atoms with van der Waals surface area (Å²) in [5.74, 6) is 0.341. The number of rotatable bonds is 9. The van der Waals surface area contributed by atoms with Gasteiger partial charge < -0.3 is 20.3 Å². The molecule has 6 heteroatoms. The van der Waals surface area contributed by atoms with Crippen LogP contribution >= 0.6 is 0 Å². The van der Waals surface area contributed by atoms with Crippen molar-refractivity contribution in [2.24, 2.45) is 0 Å². The lowest BCUT2D eigenvalue weighted by atomic mass is 10.1. The average Bonchev–Trinajstić information content (AvgIpc) is 2.51. The number of amides is 1. The number of pyridine rings is 1. The smallest absolute Gasteiger partial charge is 0.243 e. The van der Waals surface area contributed by atoms with Crippen LogP contribution in [0.4, 0.5) is 0 Å². The van der Waals surface area contributed by atoms with Crippen molar-refractivity contribution < 1.29 is 19.7 Å². The Balaban J connectivity index is 2.48. The minimum Gasteiger partial charge on any atom is -0.491 e. The SMILES string of the molecule is C=CC(=O)NCCCCOc1c(C)ncc(CO)c1CO. The van der Waals surface area contributed by atoms with Crippen molar-refractivity contribution in [2.45, 2.75) is 33.0 Å². The van der Waals surface area contributed by atoms with Crippen LogP contribution in [0.15, 0.2) is 18.9 Å². The van der Waals surface area contributed by atoms with Gasteiger partial charge in [0, 0.05) is 23.9 Å². The zero-order valence-electron chi connectivity index (χ0n) is 12.3. The third kappa shape index (κ3) is 5.17. The molecular weight excluding hydrogens is 272 g/mol. The Morgan fingerprint density at radius 1 is 1.43 bits per heavy atom. The summed E-state index contributed by atoms with van der Waals surface area (Å²) in [6, 6.07) is 0. The van der Waals surface area contributed by atoms with Crippen LogP contribution in [0.5, 0.6) is 5.75 Å². The molecule has 1 heterocycles. The summed E-state index contributed by atoms with van der Waals surface area (Å²) in [7, 11) is 0. The number of nitrogens with zero attached hydrogens (tertiary/aromatic N) is 1. The maximum atomic E-state index is 10.9. The third-order valence-electron chi connectivity index (χ3n) is 3.03. The molecule has 21 heavy (non-hydrogen) atoms. The lowest BCUT2D eigenvalue weighted by molar-refractivity contribution is -0.116. The van der Waals surface area contributed by atoms with Crippen molar-refractivity contribution >= 4 is 5.91 Å². The van der Waals surface area contributed by atoms with Gasteiger partial charge in [0.15, 0.2) is 0 Å². The van der Waals surface area contributed by atoms with Crippen LogP contribution in [-0.2, 0) is 18.0 Å². The maximum Gasteiger partial charge on any atom is 0.243 e. The van der Waals surface area contributed by atoms with E-state index in [1.807, 2.05) is 0 Å². The van der Waals surface area contributed by atoms with Crippen LogP contribution in [0, 0.1) is 6.92 Å². The summed E-state index contributed by atoms with van der Waals surface area (Å²) in [4.78, 5) is 15.1. The van der Waals surface area contributed by atoms with E-state index in [1.54, 1.807) is 13.1 Å². The predicted molar refractivity (Wildman–Crippen MR) is 78.8 cm³/mol. The lowest BCUT2D eigenvalue weighted by Crippen LogP contribution is -2.22. The molecule has 0 aliphatic rings. The number of ether oxygens (including phenoxy) is 1. The molecule has 0 bridgehead atoms. The zero-order chi connectivity index (χ0) is 15.7. The molecule has 1 aromatic heterocycles. The standard InChI is InChI=1S/C15H22N2O4/c1-3-14(20)16-6-4-5-7-21-15-11(2)17-8-12(9-18)13(15)10-19/h3,8,18-19H,1,4-7,9-10H2,2H3,(H,16,20). The Morgan fingerprint density at radius 2 is 2.19 bits per heavy atom. The highest BCUT2D eigenvalue weighted by Gasteiger charge is 2.12. The molecule has 0 atom stereocenters. The van der Waals surface area contributed by atoms with Crippen LogP contribution in [-0.4, -0.2) is 34.3 Å². The van der Waals surface area contributed by atoms with Crippen molar-refractivity contribution in [1.29, 1.82) is 0 Å². The van der Waals surface area contributed by atoms with Crippen LogP contribution in [0.2, 0.25) is 0 Å². The molecule has 0 spiro atoms. The van der Waals surface area contributed by atoms with Gasteiger partial charge in [-0.1, -0.05) is 6.58 Å². The van der Waals surface area contributed by atoms with Gasteiger partial charge in [0.05, 0.1) is 25.5 Å². The highest BCUT2D eigenvalue weighted by Crippen LogP contribution is 2.25. The summed E-state index contributed by atoms with van der Waals surface area (Å²) in [6.07, 6.45) is 4.31. The summed E-state index contributed by atoms with van der Waals surface area (Å²) in [5.41, 5.74) is 1.82. The van der Waals surface area contributed by atoms with E-state index in [9.17, 15) is 15.0 Å². The Hall–Kier alpha value is -1.92. The molecule has 1 amide bonds. The molecule has 0 aliphatic carbocycles. The van der Waals surface area contributed by atoms with Gasteiger partial charge in [0.25, 0.3) is 0 Å². The number of unbranched alkanes of at least 4 members (excludes halogenated alkanes) is 1. The molecule has 3 N–H and O–H groups in total. The predicted octanol–water partition coefficient (Wildman–Crippen LogP) is 0.836. The first-order valence-electron chi connectivity index (χ1n) is 6.86. The molecule has 0 aliphatic heterocycles. The van der Waals surface area contributed by atoms with E-state index in [2.05, 4.69) is 16.9 Å². The maximum absolute atomic E-state index is 10.9. The van der Waals surface area contributed by atoms with Crippen LogP contribution in [0.25, 0.3) is 0 Å². The topological polar surface area (TPSA) is 91.7 Å². The van der Waals surface area contributed by atoms with Gasteiger partial charge in [0.1, 0.15) is 5.75 Å². The van der Waals surface area contributed by atoms with E-state index in [0.29, 0.717) is 35.7 Å². The highest BCUT2D eigenvalue weighted by molar-refractivity contribution is 5.86. The fraction of sp³-hybridized carbons (Fsp3) is 0.467. The Labute approximate surface area is 124 Å². The second-order valence-electron chi connectivity index (χ2n) is 4.54. The largest absolute Gasteiger partial charge is 0.491 e. The minimum absolute atomic E-state index is 0.186. The number of aromatic nitrogens is 1. The Bertz CT molecular complexity index is 489. The van der Waals surface area contributed by atoms with E-state index >= 15 is 0 Å². The first-order valence-corrected chi connectivity index (χ1v) is 6.86. The molecule has 0 radical (unpaired) electrons. The number of hydrogen-bond acceptors (Lipinski definition) is 5. The van der Waals surface area contributed by atoms with Crippen LogP contribution in [0.1, 0.15) is 29.7 Å². The van der Waals surface area contributed by atoms with Crippen LogP contribution in [0.3, 0.4) is 0 Å². The van der Waals surface area contributed by atoms with Gasteiger partial charge in [0.2, 0.25) is 5.91 Å². The number of aryl methyl sites for hydroxylation is 1. The van der Waals surface area contributed by atoms with E-state index in [1.165, 1.54) is 6.08 Å². The highest BCUT2D eigenvalue weighted by atomic mass is 16.5. The second-order valence-corrected chi connectivity index (χ2v) is 4.54. The van der Waals surface area contributed by atoms with Gasteiger partial charge in [-0.15, -0.1) is 0 Å². The van der Waals surface area contributed by atoms with Gasteiger partial charge in [-0.2, -0.15) is 0 Å². The van der Waals surface area contributed by atoms with E-state index in [0.717, 1.165) is 12.8 Å². The molecule has 0 fully saturated rings. The zero-order valence-corrected chi connectivity index (χ0v) is 12.3. The first kappa shape index (κ1) is 17.1. The van der Waals surface area contributed by atoms with Gasteiger partial charge >= 0.3 is 0 Å². The number of nitrogens with one attached hydrogen (secondary N) is 1. The summed E-state index contributed by atoms with van der Waals surface area (Å²) in [6.45, 7) is 5.79. The van der Waals surface area contributed by atoms with Gasteiger partial charge in [-0.3, -0.25) is 9.78 Å². The number of carbonyl (C=O) groups is 1. The van der Waals surface area contributed by atoms with Crippen molar-refractivity contribution in [3.63, 3.8) is 0 Å². The molecular formula is C15H22N2O4. The van der Waals surface area contributed by atoms with Crippen molar-refractivity contribution in [3.05, 3.63) is 35.7 Å². The van der Waals surface area contributed by atoms with Crippen molar-refractivity contribution in [1.82, 2.24) is 10.3 Å². The van der Waals surface area contributed by atoms with Crippen molar-refractivity contribution in [3.8, 4) is 5.75 Å². The first-order chi connectivity index (χ1) is 10.1. The third-order valence-corrected chi connectivity index (χ3v) is 3.03. The number of hydrogen-bond donors (Lipinski definition) is 3. The van der Waals surface area contributed by atoms with Crippen LogP contribution < -0.4 is 10.1 Å². The molecule has 0 aromatic carbocycles. The molecule has 116 valence electrons. The quantitative estimate of drug-likeness (QED) is 0.463. The lowest BCUT2D eigenvalue weighted by Gasteiger charge is -2.15. The summed E-state index contributed by atoms with van der Waals surface area (Å²) >= 11 is 0. The molecule has 1 aromatic rings. The summed E-state index contributed by atoms with van der Waals surface area (Å²) in [5, 5.41) is 21.3. The summed E-state index contributed by atoms with van der Waals surface area (Å²) < 4.78 is 5.67. The van der Waals surface area contributed by atoms with Gasteiger partial charge in [-0.05, 0) is 25.8 Å². The Kier molecular flexibility index (Phi) is 7.42. The van der Waals surface area contributed by atoms with E-state index in [-0.39, 0.29) is 19.1 Å². The normalized spacial score (nSPS) is 10.2. The molecule has 1 rings (SSSR count). The molecule has 6 nitrogen and oxygen atoms in total. The fourth-order valence-electron chi connectivity index (χ4n) is 1.86. The van der Waals surface area contributed by atoms with Crippen molar-refractivity contribution in [2.75, 3.05) is 13.2 Å². The average molecular weight is 294 g/mol. The number of carbonyl (C=O) groups excluding carboxylic acids is 1. The molecule has 0 saturated carbocycles. The van der Waals surface area contributed by atoms with E-state index < -0.39 is 0 Å². The van der Waals surface area contributed by atoms with Gasteiger partial charge in [-0.25, -0.2) is 0 Å². The second kappa shape index (κ2) is 9.10. The molecule has 0 unspecified atom stereocenters. The minimum atomic E-state index is -0.204.